The Morgan fingerprint density at radius 3 is 1.56 bits per heavy atom. The number of esters is 2. The molecular weight excluding hydrogens is 480 g/mol. The van der Waals surface area contributed by atoms with Crippen molar-refractivity contribution in [2.75, 3.05) is 20.3 Å². The van der Waals surface area contributed by atoms with Crippen LogP contribution < -0.4 is 10.1 Å². The van der Waals surface area contributed by atoms with Crippen molar-refractivity contribution in [3.63, 3.8) is 0 Å². The Morgan fingerprint density at radius 2 is 1.26 bits per heavy atom. The number of rotatable bonds is 6. The Hall–Kier alpha value is -2.58. The van der Waals surface area contributed by atoms with Gasteiger partial charge >= 0.3 is 24.3 Å². The van der Waals surface area contributed by atoms with Crippen molar-refractivity contribution < 1.29 is 60.4 Å². The highest BCUT2D eigenvalue weighted by atomic mass is 19.4. The van der Waals surface area contributed by atoms with Crippen LogP contribution in [-0.4, -0.2) is 66.3 Å². The lowest BCUT2D eigenvalue weighted by atomic mass is 9.64. The van der Waals surface area contributed by atoms with Crippen molar-refractivity contribution in [1.29, 1.82) is 0 Å². The molecule has 3 N–H and O–H groups in total. The Kier molecular flexibility index (Phi) is 7.80. The van der Waals surface area contributed by atoms with Crippen LogP contribution in [0.4, 0.5) is 26.3 Å². The van der Waals surface area contributed by atoms with E-state index in [2.05, 4.69) is 9.47 Å². The van der Waals surface area contributed by atoms with Crippen LogP contribution in [0.25, 0.3) is 0 Å². The fourth-order valence-electron chi connectivity index (χ4n) is 3.96. The van der Waals surface area contributed by atoms with E-state index >= 15 is 0 Å². The summed E-state index contributed by atoms with van der Waals surface area (Å²) in [5, 5.41) is 21.8. The molecule has 0 bridgehead atoms. The minimum atomic E-state index is -5.94. The maximum Gasteiger partial charge on any atom is 0.432 e. The van der Waals surface area contributed by atoms with Gasteiger partial charge < -0.3 is 24.4 Å². The number of ether oxygens (including phenoxy) is 3. The zero-order chi connectivity index (χ0) is 26.1. The van der Waals surface area contributed by atoms with Gasteiger partial charge in [0, 0.05) is 5.92 Å². The first kappa shape index (κ1) is 27.7. The fourth-order valence-corrected chi connectivity index (χ4v) is 3.96. The van der Waals surface area contributed by atoms with Gasteiger partial charge in [-0.25, -0.2) is 5.32 Å². The number of benzene rings is 1. The van der Waals surface area contributed by atoms with Crippen LogP contribution in [0.1, 0.15) is 25.3 Å². The number of halogens is 6. The number of piperidine rings is 1. The summed E-state index contributed by atoms with van der Waals surface area (Å²) in [5.74, 6) is -11.5. The molecule has 8 nitrogen and oxygen atoms in total. The highest BCUT2D eigenvalue weighted by molar-refractivity contribution is 5.81. The Morgan fingerprint density at radius 1 is 0.882 bits per heavy atom. The standard InChI is InChI=1S/C20H23F6NO7/c1-4-33-15(28)13-12(10-6-8-11(32-3)9-7-10)14(16(29)34-5-2)18(31,20(24,25)26)27-17(13,30)19(21,22)23/h6-9,12-14,27,30-31H,4-5H2,1-3H3/t12?,13-,14-,17-,18+/m0/s1. The van der Waals surface area contributed by atoms with Crippen molar-refractivity contribution in [1.82, 2.24) is 5.32 Å². The van der Waals surface area contributed by atoms with E-state index in [0.717, 1.165) is 29.6 Å². The van der Waals surface area contributed by atoms with Crippen LogP contribution in [-0.2, 0) is 19.1 Å². The van der Waals surface area contributed by atoms with E-state index in [0.29, 0.717) is 0 Å². The van der Waals surface area contributed by atoms with Crippen molar-refractivity contribution in [3.05, 3.63) is 29.8 Å². The summed E-state index contributed by atoms with van der Waals surface area (Å²) in [4.78, 5) is 25.4. The molecule has 1 aliphatic rings. The van der Waals surface area contributed by atoms with Gasteiger partial charge in [0.05, 0.1) is 20.3 Å². The van der Waals surface area contributed by atoms with E-state index in [-0.39, 0.29) is 5.75 Å². The lowest BCUT2D eigenvalue weighted by Gasteiger charge is -2.54. The summed E-state index contributed by atoms with van der Waals surface area (Å²) in [5.41, 5.74) is -9.74. The smallest absolute Gasteiger partial charge is 0.432 e. The lowest BCUT2D eigenvalue weighted by Crippen LogP contribution is -2.81. The molecule has 1 aromatic carbocycles. The van der Waals surface area contributed by atoms with E-state index in [1.54, 1.807) is 0 Å². The van der Waals surface area contributed by atoms with Gasteiger partial charge in [0.15, 0.2) is 0 Å². The maximum atomic E-state index is 14.1. The molecule has 0 aromatic heterocycles. The third-order valence-electron chi connectivity index (χ3n) is 5.45. The molecule has 0 aliphatic carbocycles. The van der Waals surface area contributed by atoms with E-state index in [4.69, 9.17) is 4.74 Å². The minimum Gasteiger partial charge on any atom is -0.497 e. The van der Waals surface area contributed by atoms with Crippen molar-refractivity contribution in [2.45, 2.75) is 43.6 Å². The van der Waals surface area contributed by atoms with Gasteiger partial charge in [0.25, 0.3) is 0 Å². The summed E-state index contributed by atoms with van der Waals surface area (Å²) in [7, 11) is 1.24. The predicted octanol–water partition coefficient (Wildman–Crippen LogP) is 2.24. The molecule has 0 amide bonds. The highest BCUT2D eigenvalue weighted by Crippen LogP contribution is 2.55. The zero-order valence-electron chi connectivity index (χ0n) is 18.2. The van der Waals surface area contributed by atoms with Gasteiger partial charge in [-0.1, -0.05) is 12.1 Å². The minimum absolute atomic E-state index is 0.148. The van der Waals surface area contributed by atoms with Gasteiger partial charge in [0.2, 0.25) is 11.4 Å². The van der Waals surface area contributed by atoms with Gasteiger partial charge in [-0.15, -0.1) is 0 Å². The first-order valence-corrected chi connectivity index (χ1v) is 9.93. The zero-order valence-corrected chi connectivity index (χ0v) is 18.2. The fraction of sp³-hybridized carbons (Fsp3) is 0.600. The average molecular weight is 503 g/mol. The lowest BCUT2D eigenvalue weighted by molar-refractivity contribution is -0.376. The van der Waals surface area contributed by atoms with Crippen LogP contribution in [0.15, 0.2) is 24.3 Å². The Labute approximate surface area is 189 Å². The molecule has 0 saturated carbocycles. The SMILES string of the molecule is CCOC(=O)[C@@H]1C(c2ccc(OC)cc2)[C@@H](C(=O)OCC)[C@](O)(C(F)(F)F)N[C@]1(O)C(F)(F)F. The van der Waals surface area contributed by atoms with Crippen LogP contribution >= 0.6 is 0 Å². The molecule has 1 unspecified atom stereocenters. The average Bonchev–Trinajstić information content (AvgIpc) is 2.72. The van der Waals surface area contributed by atoms with E-state index in [9.17, 15) is 46.1 Å². The number of nitrogens with one attached hydrogen (secondary N) is 1. The van der Waals surface area contributed by atoms with Crippen molar-refractivity contribution in [2.24, 2.45) is 11.8 Å². The molecule has 0 radical (unpaired) electrons. The molecule has 1 aliphatic heterocycles. The number of carbonyl (C=O) groups excluding carboxylic acids is 2. The van der Waals surface area contributed by atoms with E-state index in [1.807, 2.05) is 0 Å². The number of methoxy groups -OCH3 is 1. The molecule has 2 rings (SSSR count). The topological polar surface area (TPSA) is 114 Å². The maximum absolute atomic E-state index is 14.1. The molecule has 192 valence electrons. The second-order valence-corrected chi connectivity index (χ2v) is 7.41. The second kappa shape index (κ2) is 9.58. The molecule has 34 heavy (non-hydrogen) atoms. The van der Waals surface area contributed by atoms with E-state index < -0.39 is 72.3 Å². The first-order valence-electron chi connectivity index (χ1n) is 9.93. The third-order valence-corrected chi connectivity index (χ3v) is 5.45. The molecule has 14 heteroatoms. The monoisotopic (exact) mass is 503 g/mol. The second-order valence-electron chi connectivity index (χ2n) is 7.41. The van der Waals surface area contributed by atoms with Gasteiger partial charge in [-0.2, -0.15) is 26.3 Å². The summed E-state index contributed by atoms with van der Waals surface area (Å²) >= 11 is 0. The van der Waals surface area contributed by atoms with Crippen molar-refractivity contribution in [3.8, 4) is 5.75 Å². The van der Waals surface area contributed by atoms with Crippen LogP contribution in [0.5, 0.6) is 5.75 Å². The molecule has 1 saturated heterocycles. The number of alkyl halides is 6. The highest BCUT2D eigenvalue weighted by Gasteiger charge is 2.78. The molecule has 0 spiro atoms. The first-order chi connectivity index (χ1) is 15.6. The summed E-state index contributed by atoms with van der Waals surface area (Å²) in [6.45, 7) is 1.45. The normalized spacial score (nSPS) is 29.9. The molecule has 1 fully saturated rings. The molecule has 1 aromatic rings. The van der Waals surface area contributed by atoms with Gasteiger partial charge in [0.1, 0.15) is 17.6 Å². The Balaban J connectivity index is 2.95. The van der Waals surface area contributed by atoms with Crippen LogP contribution in [0.2, 0.25) is 0 Å². The van der Waals surface area contributed by atoms with Crippen LogP contribution in [0.3, 0.4) is 0 Å². The van der Waals surface area contributed by atoms with E-state index in [1.165, 1.54) is 21.0 Å². The Bertz CT molecular complexity index is 843. The third kappa shape index (κ3) is 4.66. The van der Waals surface area contributed by atoms with Gasteiger partial charge in [-0.3, -0.25) is 9.59 Å². The predicted molar refractivity (Wildman–Crippen MR) is 101 cm³/mol. The number of aliphatic hydroxyl groups is 2. The number of carbonyl (C=O) groups is 2. The quantitative estimate of drug-likeness (QED) is 0.400. The molecule has 5 atom stereocenters. The summed E-state index contributed by atoms with van der Waals surface area (Å²) < 4.78 is 98.5. The summed E-state index contributed by atoms with van der Waals surface area (Å²) in [6, 6.07) is 4.31. The number of hydrogen-bond donors (Lipinski definition) is 3. The van der Waals surface area contributed by atoms with Gasteiger partial charge in [-0.05, 0) is 31.5 Å². The largest absolute Gasteiger partial charge is 0.497 e. The van der Waals surface area contributed by atoms with Crippen molar-refractivity contribution >= 4 is 11.9 Å². The molecular formula is C20H23F6NO7. The number of hydrogen-bond acceptors (Lipinski definition) is 8. The summed E-state index contributed by atoms with van der Waals surface area (Å²) in [6.07, 6.45) is -11.9. The molecule has 1 heterocycles. The van der Waals surface area contributed by atoms with Crippen LogP contribution in [0, 0.1) is 11.8 Å².